The van der Waals surface area contributed by atoms with E-state index in [-0.39, 0.29) is 24.6 Å². The molecule has 138 valence electrons. The molecule has 0 radical (unpaired) electrons. The molecule has 1 N–H and O–H groups in total. The van der Waals surface area contributed by atoms with Gasteiger partial charge in [0.05, 0.1) is 11.4 Å². The molecular weight excluding hydrogens is 368 g/mol. The summed E-state index contributed by atoms with van der Waals surface area (Å²) in [6.07, 6.45) is 0.0637. The minimum Gasteiger partial charge on any atom is -0.486 e. The lowest BCUT2D eigenvalue weighted by atomic mass is 10.1. The van der Waals surface area contributed by atoms with Crippen LogP contribution in [0.3, 0.4) is 0 Å². The largest absolute Gasteiger partial charge is 0.486 e. The third kappa shape index (κ3) is 4.54. The monoisotopic (exact) mass is 383 g/mol. The Labute approximate surface area is 153 Å². The molecule has 1 aliphatic rings. The van der Waals surface area contributed by atoms with Crippen molar-refractivity contribution in [1.82, 2.24) is 5.32 Å². The molecule has 5 nitrogen and oxygen atoms in total. The first kappa shape index (κ1) is 18.3. The van der Waals surface area contributed by atoms with Crippen molar-refractivity contribution in [2.75, 3.05) is 13.2 Å². The van der Waals surface area contributed by atoms with Crippen LogP contribution in [0.25, 0.3) is 0 Å². The topological polar surface area (TPSA) is 56.8 Å². The van der Waals surface area contributed by atoms with Gasteiger partial charge < -0.3 is 19.5 Å². The molecule has 1 aliphatic heterocycles. The van der Waals surface area contributed by atoms with Gasteiger partial charge in [0, 0.05) is 12.1 Å². The van der Waals surface area contributed by atoms with E-state index in [1.807, 2.05) is 0 Å². The number of hydrogen-bond acceptors (Lipinski definition) is 4. The van der Waals surface area contributed by atoms with E-state index in [1.165, 1.54) is 6.07 Å². The lowest BCUT2D eigenvalue weighted by molar-refractivity contribution is -0.120. The summed E-state index contributed by atoms with van der Waals surface area (Å²) in [6.45, 7) is -2.02. The van der Waals surface area contributed by atoms with Gasteiger partial charge in [0.2, 0.25) is 5.91 Å². The summed E-state index contributed by atoms with van der Waals surface area (Å²) in [5, 5.41) is 3.06. The molecule has 0 aromatic heterocycles. The molecule has 2 aromatic rings. The molecule has 1 amide bonds. The van der Waals surface area contributed by atoms with Gasteiger partial charge in [0.15, 0.2) is 11.5 Å². The van der Waals surface area contributed by atoms with E-state index in [4.69, 9.17) is 21.1 Å². The van der Waals surface area contributed by atoms with E-state index in [9.17, 15) is 13.6 Å². The summed E-state index contributed by atoms with van der Waals surface area (Å²) in [5.41, 5.74) is 1.12. The molecule has 8 heteroatoms. The quantitative estimate of drug-likeness (QED) is 0.828. The third-order valence-corrected chi connectivity index (χ3v) is 3.97. The van der Waals surface area contributed by atoms with Crippen molar-refractivity contribution in [3.05, 3.63) is 52.5 Å². The maximum Gasteiger partial charge on any atom is 0.387 e. The zero-order valence-corrected chi connectivity index (χ0v) is 14.4. The van der Waals surface area contributed by atoms with E-state index in [1.54, 1.807) is 30.3 Å². The number of alkyl halides is 2. The molecule has 0 fully saturated rings. The van der Waals surface area contributed by atoms with E-state index >= 15 is 0 Å². The Balaban J connectivity index is 1.62. The van der Waals surface area contributed by atoms with Crippen LogP contribution >= 0.6 is 11.6 Å². The standard InChI is InChI=1S/C18H16ClF2NO4/c19-13-7-11(8-15-17(13)25-6-5-24-15)9-16(23)22-10-12-3-1-2-4-14(12)26-18(20)21/h1-4,7-8,18H,5-6,9-10H2,(H,22,23). The number of carbonyl (C=O) groups excluding carboxylic acids is 1. The zero-order chi connectivity index (χ0) is 18.5. The molecule has 2 aromatic carbocycles. The first-order chi connectivity index (χ1) is 12.5. The highest BCUT2D eigenvalue weighted by molar-refractivity contribution is 6.32. The van der Waals surface area contributed by atoms with Gasteiger partial charge in [-0.05, 0) is 23.8 Å². The Morgan fingerprint density at radius 2 is 2.00 bits per heavy atom. The lowest BCUT2D eigenvalue weighted by Crippen LogP contribution is -2.25. The normalized spacial score (nSPS) is 12.8. The van der Waals surface area contributed by atoms with Crippen molar-refractivity contribution < 1.29 is 27.8 Å². The second kappa shape index (κ2) is 8.23. The number of hydrogen-bond donors (Lipinski definition) is 1. The summed E-state index contributed by atoms with van der Waals surface area (Å²) in [5.74, 6) is 0.720. The molecule has 0 saturated carbocycles. The van der Waals surface area contributed by atoms with Crippen LogP contribution in [0, 0.1) is 0 Å². The van der Waals surface area contributed by atoms with E-state index < -0.39 is 6.61 Å². The predicted molar refractivity (Wildman–Crippen MR) is 91.1 cm³/mol. The molecule has 26 heavy (non-hydrogen) atoms. The van der Waals surface area contributed by atoms with Crippen LogP contribution in [0.15, 0.2) is 36.4 Å². The molecule has 1 heterocycles. The van der Waals surface area contributed by atoms with Crippen LogP contribution in [0.1, 0.15) is 11.1 Å². The maximum atomic E-state index is 12.4. The molecule has 0 atom stereocenters. The Morgan fingerprint density at radius 3 is 2.81 bits per heavy atom. The Kier molecular flexibility index (Phi) is 5.78. The van der Waals surface area contributed by atoms with Gasteiger partial charge in [-0.15, -0.1) is 0 Å². The minimum atomic E-state index is -2.92. The average molecular weight is 384 g/mol. The molecule has 3 rings (SSSR count). The van der Waals surface area contributed by atoms with Crippen LogP contribution in [-0.4, -0.2) is 25.7 Å². The Bertz CT molecular complexity index is 801. The third-order valence-electron chi connectivity index (χ3n) is 3.69. The molecule has 0 saturated heterocycles. The van der Waals surface area contributed by atoms with Crippen molar-refractivity contribution in [3.63, 3.8) is 0 Å². The predicted octanol–water partition coefficient (Wildman–Crippen LogP) is 3.57. The lowest BCUT2D eigenvalue weighted by Gasteiger charge is -2.20. The average Bonchev–Trinajstić information content (AvgIpc) is 2.60. The van der Waals surface area contributed by atoms with Crippen molar-refractivity contribution >= 4 is 17.5 Å². The van der Waals surface area contributed by atoms with Gasteiger partial charge in [0.25, 0.3) is 0 Å². The van der Waals surface area contributed by atoms with Crippen molar-refractivity contribution in [3.8, 4) is 17.2 Å². The fourth-order valence-electron chi connectivity index (χ4n) is 2.57. The SMILES string of the molecule is O=C(Cc1cc(Cl)c2c(c1)OCCO2)NCc1ccccc1OC(F)F. The number of nitrogens with one attached hydrogen (secondary N) is 1. The van der Waals surface area contributed by atoms with Crippen molar-refractivity contribution in [1.29, 1.82) is 0 Å². The van der Waals surface area contributed by atoms with Gasteiger partial charge in [-0.25, -0.2) is 0 Å². The zero-order valence-electron chi connectivity index (χ0n) is 13.6. The minimum absolute atomic E-state index is 0.0326. The van der Waals surface area contributed by atoms with Gasteiger partial charge >= 0.3 is 6.61 Å². The van der Waals surface area contributed by atoms with Crippen LogP contribution in [0.5, 0.6) is 17.2 Å². The first-order valence-electron chi connectivity index (χ1n) is 7.90. The highest BCUT2D eigenvalue weighted by Crippen LogP contribution is 2.38. The summed E-state index contributed by atoms with van der Waals surface area (Å²) >= 11 is 6.15. The summed E-state index contributed by atoms with van der Waals surface area (Å²) in [7, 11) is 0. The maximum absolute atomic E-state index is 12.4. The first-order valence-corrected chi connectivity index (χ1v) is 8.28. The highest BCUT2D eigenvalue weighted by Gasteiger charge is 2.18. The molecule has 0 unspecified atom stereocenters. The van der Waals surface area contributed by atoms with E-state index in [0.717, 1.165) is 0 Å². The second-order valence-corrected chi connectivity index (χ2v) is 5.95. The number of amides is 1. The molecular formula is C18H16ClF2NO4. The van der Waals surface area contributed by atoms with Gasteiger partial charge in [0.1, 0.15) is 19.0 Å². The van der Waals surface area contributed by atoms with Crippen LogP contribution in [0.2, 0.25) is 5.02 Å². The van der Waals surface area contributed by atoms with Gasteiger partial charge in [-0.3, -0.25) is 4.79 Å². The number of ether oxygens (including phenoxy) is 3. The fraction of sp³-hybridized carbons (Fsp3) is 0.278. The van der Waals surface area contributed by atoms with Gasteiger partial charge in [-0.2, -0.15) is 8.78 Å². The second-order valence-electron chi connectivity index (χ2n) is 5.54. The molecule has 0 spiro atoms. The summed E-state index contributed by atoms with van der Waals surface area (Å²) < 4.78 is 40.2. The van der Waals surface area contributed by atoms with Crippen molar-refractivity contribution in [2.24, 2.45) is 0 Å². The van der Waals surface area contributed by atoms with Crippen LogP contribution < -0.4 is 19.5 Å². The number of benzene rings is 2. The van der Waals surface area contributed by atoms with E-state index in [0.29, 0.717) is 40.9 Å². The van der Waals surface area contributed by atoms with Gasteiger partial charge in [-0.1, -0.05) is 29.8 Å². The number of para-hydroxylation sites is 1. The number of rotatable bonds is 6. The van der Waals surface area contributed by atoms with Crippen molar-refractivity contribution in [2.45, 2.75) is 19.6 Å². The molecule has 0 bridgehead atoms. The molecule has 0 aliphatic carbocycles. The highest BCUT2D eigenvalue weighted by atomic mass is 35.5. The summed E-state index contributed by atoms with van der Waals surface area (Å²) in [4.78, 5) is 12.2. The van der Waals surface area contributed by atoms with Crippen LogP contribution in [0.4, 0.5) is 8.78 Å². The number of halogens is 3. The number of carbonyl (C=O) groups is 1. The van der Waals surface area contributed by atoms with Crippen LogP contribution in [-0.2, 0) is 17.8 Å². The Hall–Kier alpha value is -2.54. The number of fused-ring (bicyclic) bond motifs is 1. The summed E-state index contributed by atoms with van der Waals surface area (Å²) in [6, 6.07) is 9.64. The Morgan fingerprint density at radius 1 is 1.23 bits per heavy atom. The smallest absolute Gasteiger partial charge is 0.387 e. The fourth-order valence-corrected chi connectivity index (χ4v) is 2.86. The van der Waals surface area contributed by atoms with E-state index in [2.05, 4.69) is 10.1 Å².